The third kappa shape index (κ3) is 3.21. The lowest BCUT2D eigenvalue weighted by molar-refractivity contribution is 0.0521. The van der Waals surface area contributed by atoms with E-state index in [1.54, 1.807) is 36.8 Å². The molecule has 2 heterocycles. The Labute approximate surface area is 144 Å². The van der Waals surface area contributed by atoms with Crippen LogP contribution in [-0.2, 0) is 4.74 Å². The van der Waals surface area contributed by atoms with Gasteiger partial charge in [0.15, 0.2) is 11.5 Å². The summed E-state index contributed by atoms with van der Waals surface area (Å²) in [4.78, 5) is 16.6. The summed E-state index contributed by atoms with van der Waals surface area (Å²) in [5.74, 6) is 0.386. The maximum absolute atomic E-state index is 12.3. The molecule has 128 valence electrons. The molecule has 0 bridgehead atoms. The number of para-hydroxylation sites is 1. The van der Waals surface area contributed by atoms with E-state index in [2.05, 4.69) is 15.2 Å². The quantitative estimate of drug-likeness (QED) is 0.515. The summed E-state index contributed by atoms with van der Waals surface area (Å²) in [6.07, 6.45) is 1.79. The van der Waals surface area contributed by atoms with Crippen molar-refractivity contribution in [3.05, 3.63) is 53.9 Å². The number of benzene rings is 1. The molecule has 2 aromatic heterocycles. The van der Waals surface area contributed by atoms with Gasteiger partial charge in [0, 0.05) is 6.20 Å². The van der Waals surface area contributed by atoms with Crippen LogP contribution in [0, 0.1) is 6.92 Å². The number of aryl methyl sites for hydroxylation is 1. The molecule has 0 radical (unpaired) electrons. The van der Waals surface area contributed by atoms with Crippen LogP contribution in [0.4, 0.5) is 11.5 Å². The van der Waals surface area contributed by atoms with Gasteiger partial charge in [-0.3, -0.25) is 4.40 Å². The first-order valence-corrected chi connectivity index (χ1v) is 7.85. The lowest BCUT2D eigenvalue weighted by atomic mass is 10.3. The summed E-state index contributed by atoms with van der Waals surface area (Å²) in [5.41, 5.74) is 2.25. The highest BCUT2D eigenvalue weighted by molar-refractivity contribution is 5.93. The molecule has 0 N–H and O–H groups in total. The highest BCUT2D eigenvalue weighted by Crippen LogP contribution is 2.30. The predicted octanol–water partition coefficient (Wildman–Crippen LogP) is 4.24. The molecule has 25 heavy (non-hydrogen) atoms. The molecule has 0 saturated heterocycles. The Hall–Kier alpha value is -3.22. The van der Waals surface area contributed by atoms with E-state index in [9.17, 15) is 4.79 Å². The van der Waals surface area contributed by atoms with Crippen molar-refractivity contribution in [2.75, 3.05) is 13.7 Å². The van der Waals surface area contributed by atoms with Crippen molar-refractivity contribution in [2.45, 2.75) is 13.8 Å². The van der Waals surface area contributed by atoms with Gasteiger partial charge in [-0.1, -0.05) is 18.2 Å². The molecule has 0 aliphatic carbocycles. The summed E-state index contributed by atoms with van der Waals surface area (Å²) in [6.45, 7) is 3.92. The first-order chi connectivity index (χ1) is 12.2. The average Bonchev–Trinajstić information content (AvgIpc) is 3.00. The number of ether oxygens (including phenoxy) is 2. The lowest BCUT2D eigenvalue weighted by Crippen LogP contribution is -2.05. The fourth-order valence-corrected chi connectivity index (χ4v) is 2.44. The molecule has 0 aliphatic heterocycles. The van der Waals surface area contributed by atoms with Crippen molar-refractivity contribution in [3.63, 3.8) is 0 Å². The number of nitrogens with zero attached hydrogens (tertiary/aromatic N) is 4. The fraction of sp³-hybridized carbons (Fsp3) is 0.222. The van der Waals surface area contributed by atoms with Crippen molar-refractivity contribution in [1.82, 2.24) is 9.38 Å². The number of carbonyl (C=O) groups excluding carboxylic acids is 1. The Morgan fingerprint density at radius 1 is 1.20 bits per heavy atom. The van der Waals surface area contributed by atoms with E-state index in [-0.39, 0.29) is 12.3 Å². The van der Waals surface area contributed by atoms with Crippen LogP contribution in [0.25, 0.3) is 5.65 Å². The van der Waals surface area contributed by atoms with Crippen molar-refractivity contribution < 1.29 is 14.3 Å². The Bertz CT molecular complexity index is 947. The Morgan fingerprint density at radius 2 is 2.00 bits per heavy atom. The number of imidazole rings is 1. The topological polar surface area (TPSA) is 77.5 Å². The second-order valence-electron chi connectivity index (χ2n) is 5.26. The molecule has 0 aliphatic rings. The van der Waals surface area contributed by atoms with Gasteiger partial charge in [-0.2, -0.15) is 0 Å². The summed E-state index contributed by atoms with van der Waals surface area (Å²) >= 11 is 0. The second kappa shape index (κ2) is 7.12. The van der Waals surface area contributed by atoms with E-state index in [4.69, 9.17) is 9.47 Å². The Kier molecular flexibility index (Phi) is 4.74. The van der Waals surface area contributed by atoms with E-state index in [1.165, 1.54) is 0 Å². The van der Waals surface area contributed by atoms with Crippen LogP contribution < -0.4 is 4.74 Å². The molecule has 0 fully saturated rings. The molecule has 0 unspecified atom stereocenters. The minimum atomic E-state index is -0.528. The van der Waals surface area contributed by atoms with Gasteiger partial charge in [0.2, 0.25) is 0 Å². The minimum absolute atomic E-state index is 0.134. The zero-order valence-electron chi connectivity index (χ0n) is 14.3. The number of fused-ring (bicyclic) bond motifs is 1. The van der Waals surface area contributed by atoms with Crippen molar-refractivity contribution in [1.29, 1.82) is 0 Å². The number of esters is 1. The maximum Gasteiger partial charge on any atom is 0.360 e. The van der Waals surface area contributed by atoms with Gasteiger partial charge >= 0.3 is 5.97 Å². The number of hydrogen-bond donors (Lipinski definition) is 0. The molecule has 0 saturated carbocycles. The van der Waals surface area contributed by atoms with Crippen LogP contribution in [0.2, 0.25) is 0 Å². The van der Waals surface area contributed by atoms with Gasteiger partial charge in [0.25, 0.3) is 0 Å². The molecule has 0 atom stereocenters. The van der Waals surface area contributed by atoms with Crippen molar-refractivity contribution in [2.24, 2.45) is 10.2 Å². The van der Waals surface area contributed by atoms with Gasteiger partial charge in [-0.15, -0.1) is 10.2 Å². The standard InChI is InChI=1S/C18H18N4O3/c1-4-25-18(23)15-17(22-11-7-8-12(2)16(22)19-15)21-20-13-9-5-6-10-14(13)24-3/h5-11H,4H2,1-3H3. The summed E-state index contributed by atoms with van der Waals surface area (Å²) in [6, 6.07) is 11.0. The van der Waals surface area contributed by atoms with Crippen LogP contribution in [0.5, 0.6) is 5.75 Å². The van der Waals surface area contributed by atoms with E-state index >= 15 is 0 Å². The van der Waals surface area contributed by atoms with E-state index in [0.29, 0.717) is 22.9 Å². The Morgan fingerprint density at radius 3 is 2.76 bits per heavy atom. The number of carbonyl (C=O) groups is 1. The molecule has 0 amide bonds. The van der Waals surface area contributed by atoms with E-state index in [0.717, 1.165) is 5.56 Å². The largest absolute Gasteiger partial charge is 0.494 e. The molecule has 3 aromatic rings. The molecule has 7 heteroatoms. The van der Waals surface area contributed by atoms with Crippen LogP contribution >= 0.6 is 0 Å². The number of pyridine rings is 1. The van der Waals surface area contributed by atoms with Gasteiger partial charge in [0.1, 0.15) is 17.1 Å². The summed E-state index contributed by atoms with van der Waals surface area (Å²) in [5, 5.41) is 8.50. The molecular formula is C18H18N4O3. The zero-order chi connectivity index (χ0) is 17.8. The van der Waals surface area contributed by atoms with Crippen LogP contribution in [0.15, 0.2) is 52.8 Å². The fourth-order valence-electron chi connectivity index (χ4n) is 2.44. The first kappa shape index (κ1) is 16.6. The molecule has 3 rings (SSSR count). The number of rotatable bonds is 5. The SMILES string of the molecule is CCOC(=O)c1nc2c(C)cccn2c1N=Nc1ccccc1OC. The highest BCUT2D eigenvalue weighted by atomic mass is 16.5. The number of azo groups is 1. The second-order valence-corrected chi connectivity index (χ2v) is 5.26. The van der Waals surface area contributed by atoms with Gasteiger partial charge in [-0.25, -0.2) is 9.78 Å². The molecule has 1 aromatic carbocycles. The maximum atomic E-state index is 12.3. The number of aromatic nitrogens is 2. The first-order valence-electron chi connectivity index (χ1n) is 7.85. The van der Waals surface area contributed by atoms with Crippen molar-refractivity contribution in [3.8, 4) is 5.75 Å². The number of methoxy groups -OCH3 is 1. The third-order valence-electron chi connectivity index (χ3n) is 3.63. The van der Waals surface area contributed by atoms with Crippen LogP contribution in [0.3, 0.4) is 0 Å². The Balaban J connectivity index is 2.13. The molecule has 0 spiro atoms. The normalized spacial score (nSPS) is 11.2. The van der Waals surface area contributed by atoms with Crippen LogP contribution in [-0.4, -0.2) is 29.1 Å². The lowest BCUT2D eigenvalue weighted by Gasteiger charge is -2.03. The van der Waals surface area contributed by atoms with Crippen LogP contribution in [0.1, 0.15) is 23.0 Å². The molecule has 7 nitrogen and oxygen atoms in total. The highest BCUT2D eigenvalue weighted by Gasteiger charge is 2.21. The van der Waals surface area contributed by atoms with Crippen molar-refractivity contribution >= 4 is 23.1 Å². The summed E-state index contributed by atoms with van der Waals surface area (Å²) < 4.78 is 12.1. The van der Waals surface area contributed by atoms with E-state index < -0.39 is 5.97 Å². The van der Waals surface area contributed by atoms with Gasteiger partial charge < -0.3 is 9.47 Å². The summed E-state index contributed by atoms with van der Waals surface area (Å²) in [7, 11) is 1.57. The minimum Gasteiger partial charge on any atom is -0.494 e. The van der Waals surface area contributed by atoms with E-state index in [1.807, 2.05) is 31.2 Å². The predicted molar refractivity (Wildman–Crippen MR) is 93.1 cm³/mol. The molecular weight excluding hydrogens is 320 g/mol. The average molecular weight is 338 g/mol. The van der Waals surface area contributed by atoms with Gasteiger partial charge in [0.05, 0.1) is 13.7 Å². The monoisotopic (exact) mass is 338 g/mol. The van der Waals surface area contributed by atoms with Gasteiger partial charge in [-0.05, 0) is 37.6 Å². The third-order valence-corrected chi connectivity index (χ3v) is 3.63. The number of hydrogen-bond acceptors (Lipinski definition) is 6. The smallest absolute Gasteiger partial charge is 0.360 e. The zero-order valence-corrected chi connectivity index (χ0v) is 14.3.